The highest BCUT2D eigenvalue weighted by Gasteiger charge is 2.26. The first-order chi connectivity index (χ1) is 11.6. The normalized spacial score (nSPS) is 11.9. The van der Waals surface area contributed by atoms with Gasteiger partial charge in [-0.15, -0.1) is 0 Å². The first kappa shape index (κ1) is 18.4. The van der Waals surface area contributed by atoms with Crippen molar-refractivity contribution in [2.75, 3.05) is 0 Å². The molecule has 0 aliphatic carbocycles. The van der Waals surface area contributed by atoms with E-state index < -0.39 is 11.0 Å². The number of aromatic nitrogens is 1. The number of hydrogen-bond acceptors (Lipinski definition) is 5. The summed E-state index contributed by atoms with van der Waals surface area (Å²) in [5, 5.41) is 11.2. The molecule has 1 N–H and O–H groups in total. The molecule has 0 spiro atoms. The number of carbonyl (C=O) groups is 2. The predicted molar refractivity (Wildman–Crippen MR) is 92.5 cm³/mol. The fourth-order valence-corrected chi connectivity index (χ4v) is 2.84. The van der Waals surface area contributed by atoms with Gasteiger partial charge in [0.05, 0.1) is 10.6 Å². The Kier molecular flexibility index (Phi) is 5.06. The lowest BCUT2D eigenvalue weighted by molar-refractivity contribution is -0.386. The fraction of sp³-hybridized carbons (Fsp3) is 0.333. The van der Waals surface area contributed by atoms with Crippen LogP contribution < -0.4 is 4.74 Å². The zero-order chi connectivity index (χ0) is 18.9. The molecule has 0 radical (unpaired) electrons. The third-order valence-corrected chi connectivity index (χ3v) is 4.02. The molecule has 0 amide bonds. The number of ketones is 2. The van der Waals surface area contributed by atoms with Gasteiger partial charge in [0, 0.05) is 17.3 Å². The summed E-state index contributed by atoms with van der Waals surface area (Å²) in [6.07, 6.45) is -0.946. The number of hydrogen-bond donors (Lipinski definition) is 1. The zero-order valence-corrected chi connectivity index (χ0v) is 14.8. The third kappa shape index (κ3) is 3.60. The van der Waals surface area contributed by atoms with Crippen molar-refractivity contribution in [3.05, 3.63) is 56.4 Å². The smallest absolute Gasteiger partial charge is 0.311 e. The van der Waals surface area contributed by atoms with Crippen LogP contribution in [0, 0.1) is 30.9 Å². The average Bonchev–Trinajstić information content (AvgIpc) is 2.82. The number of aryl methyl sites for hydroxylation is 2. The van der Waals surface area contributed by atoms with Gasteiger partial charge in [0.1, 0.15) is 0 Å². The zero-order valence-electron chi connectivity index (χ0n) is 14.8. The van der Waals surface area contributed by atoms with Gasteiger partial charge in [-0.25, -0.2) is 0 Å². The fourth-order valence-electron chi connectivity index (χ4n) is 2.84. The van der Waals surface area contributed by atoms with E-state index in [1.54, 1.807) is 26.8 Å². The van der Waals surface area contributed by atoms with Crippen LogP contribution in [0.25, 0.3) is 0 Å². The molecule has 0 bridgehead atoms. The van der Waals surface area contributed by atoms with Crippen LogP contribution in [0.4, 0.5) is 5.69 Å². The monoisotopic (exact) mass is 344 g/mol. The molecule has 25 heavy (non-hydrogen) atoms. The number of H-pyrrole nitrogens is 1. The van der Waals surface area contributed by atoms with E-state index in [4.69, 9.17) is 4.74 Å². The summed E-state index contributed by atoms with van der Waals surface area (Å²) in [4.78, 5) is 37.9. The number of ether oxygens (including phenoxy) is 1. The van der Waals surface area contributed by atoms with Crippen LogP contribution in [-0.2, 0) is 0 Å². The summed E-state index contributed by atoms with van der Waals surface area (Å²) in [5.41, 5.74) is 2.47. The Labute approximate surface area is 145 Å². The second kappa shape index (κ2) is 6.88. The summed E-state index contributed by atoms with van der Waals surface area (Å²) < 4.78 is 5.55. The molecule has 7 heteroatoms. The van der Waals surface area contributed by atoms with Crippen molar-refractivity contribution in [2.45, 2.75) is 40.7 Å². The van der Waals surface area contributed by atoms with E-state index in [2.05, 4.69) is 4.98 Å². The van der Waals surface area contributed by atoms with Crippen molar-refractivity contribution >= 4 is 17.3 Å². The van der Waals surface area contributed by atoms with Gasteiger partial charge in [-0.2, -0.15) is 0 Å². The van der Waals surface area contributed by atoms with E-state index >= 15 is 0 Å². The van der Waals surface area contributed by atoms with Gasteiger partial charge in [-0.3, -0.25) is 19.7 Å². The number of aromatic amines is 1. The second-order valence-corrected chi connectivity index (χ2v) is 6.03. The molecule has 1 aromatic carbocycles. The molecule has 1 heterocycles. The molecular formula is C18H20N2O5. The number of Topliss-reactive ketones (excluding diaryl/α,β-unsaturated/α-hetero) is 2. The lowest BCUT2D eigenvalue weighted by atomic mass is 10.0. The van der Waals surface area contributed by atoms with Crippen molar-refractivity contribution in [3.63, 3.8) is 0 Å². The van der Waals surface area contributed by atoms with Crippen molar-refractivity contribution < 1.29 is 19.2 Å². The second-order valence-electron chi connectivity index (χ2n) is 6.03. The molecule has 0 aliphatic rings. The van der Waals surface area contributed by atoms with Crippen LogP contribution in [0.2, 0.25) is 0 Å². The molecule has 0 fully saturated rings. The van der Waals surface area contributed by atoms with Crippen molar-refractivity contribution in [3.8, 4) is 5.75 Å². The topological polar surface area (TPSA) is 102 Å². The van der Waals surface area contributed by atoms with Crippen LogP contribution in [0.5, 0.6) is 5.75 Å². The van der Waals surface area contributed by atoms with Crippen LogP contribution in [-0.4, -0.2) is 27.6 Å². The van der Waals surface area contributed by atoms with Crippen LogP contribution in [0.1, 0.15) is 51.5 Å². The molecule has 132 valence electrons. The Bertz CT molecular complexity index is 867. The quantitative estimate of drug-likeness (QED) is 0.489. The Morgan fingerprint density at radius 3 is 2.40 bits per heavy atom. The summed E-state index contributed by atoms with van der Waals surface area (Å²) in [6, 6.07) is 4.55. The highest BCUT2D eigenvalue weighted by Crippen LogP contribution is 2.29. The minimum atomic E-state index is -0.946. The van der Waals surface area contributed by atoms with Crippen LogP contribution >= 0.6 is 0 Å². The first-order valence-electron chi connectivity index (χ1n) is 7.79. The van der Waals surface area contributed by atoms with Crippen molar-refractivity contribution in [2.24, 2.45) is 0 Å². The number of rotatable bonds is 6. The lowest BCUT2D eigenvalue weighted by Gasteiger charge is -2.14. The number of benzene rings is 1. The number of carbonyl (C=O) groups excluding carboxylic acids is 2. The molecule has 1 atom stereocenters. The van der Waals surface area contributed by atoms with E-state index in [1.807, 2.05) is 0 Å². The van der Waals surface area contributed by atoms with Gasteiger partial charge in [-0.1, -0.05) is 6.07 Å². The van der Waals surface area contributed by atoms with Crippen molar-refractivity contribution in [1.29, 1.82) is 0 Å². The van der Waals surface area contributed by atoms with E-state index in [0.29, 0.717) is 16.8 Å². The number of nitrogens with one attached hydrogen (secondary N) is 1. The molecule has 2 rings (SSSR count). The van der Waals surface area contributed by atoms with Crippen LogP contribution in [0.15, 0.2) is 18.2 Å². The maximum Gasteiger partial charge on any atom is 0.311 e. The molecular weight excluding hydrogens is 324 g/mol. The summed E-state index contributed by atoms with van der Waals surface area (Å²) in [5.74, 6) is -0.472. The average molecular weight is 344 g/mol. The van der Waals surface area contributed by atoms with Crippen molar-refractivity contribution in [1.82, 2.24) is 4.98 Å². The Morgan fingerprint density at radius 1 is 1.24 bits per heavy atom. The largest absolute Gasteiger partial charge is 0.475 e. The number of nitro benzene ring substituents is 1. The molecule has 1 unspecified atom stereocenters. The SMILES string of the molecule is CC(=O)c1c(C)[nH]c(C(=O)C(C)Oc2ccc(C)cc2[N+](=O)[O-])c1C. The minimum absolute atomic E-state index is 0.0316. The maximum absolute atomic E-state index is 12.7. The minimum Gasteiger partial charge on any atom is -0.475 e. The Hall–Kier alpha value is -2.96. The Morgan fingerprint density at radius 2 is 1.88 bits per heavy atom. The maximum atomic E-state index is 12.7. The van der Waals surface area contributed by atoms with Gasteiger partial charge < -0.3 is 9.72 Å². The summed E-state index contributed by atoms with van der Waals surface area (Å²) >= 11 is 0. The molecule has 0 saturated carbocycles. The summed E-state index contributed by atoms with van der Waals surface area (Å²) in [6.45, 7) is 8.10. The van der Waals surface area contributed by atoms with Gasteiger partial charge in [-0.05, 0) is 51.8 Å². The van der Waals surface area contributed by atoms with E-state index in [1.165, 1.54) is 26.0 Å². The standard InChI is InChI=1S/C18H20N2O5/c1-9-6-7-15(14(8-9)20(23)24)25-13(5)18(22)17-10(2)16(12(4)21)11(3)19-17/h6-8,13,19H,1-5H3. The van der Waals surface area contributed by atoms with Gasteiger partial charge in [0.25, 0.3) is 0 Å². The number of nitro groups is 1. The molecule has 1 aromatic heterocycles. The predicted octanol–water partition coefficient (Wildman–Crippen LogP) is 3.70. The van der Waals surface area contributed by atoms with Gasteiger partial charge >= 0.3 is 5.69 Å². The highest BCUT2D eigenvalue weighted by molar-refractivity contribution is 6.04. The lowest BCUT2D eigenvalue weighted by Crippen LogP contribution is -2.25. The first-order valence-corrected chi connectivity index (χ1v) is 7.79. The van der Waals surface area contributed by atoms with Gasteiger partial charge in [0.2, 0.25) is 5.78 Å². The van der Waals surface area contributed by atoms with Crippen LogP contribution in [0.3, 0.4) is 0 Å². The van der Waals surface area contributed by atoms with E-state index in [0.717, 1.165) is 5.56 Å². The molecule has 2 aromatic rings. The molecule has 0 saturated heterocycles. The number of nitrogens with zero attached hydrogens (tertiary/aromatic N) is 1. The van der Waals surface area contributed by atoms with E-state index in [9.17, 15) is 19.7 Å². The third-order valence-electron chi connectivity index (χ3n) is 4.02. The molecule has 7 nitrogen and oxygen atoms in total. The highest BCUT2D eigenvalue weighted by atomic mass is 16.6. The Balaban J connectivity index is 2.32. The summed E-state index contributed by atoms with van der Waals surface area (Å²) in [7, 11) is 0. The molecule has 0 aliphatic heterocycles. The van der Waals surface area contributed by atoms with E-state index in [-0.39, 0.29) is 28.7 Å². The van der Waals surface area contributed by atoms with Gasteiger partial charge in [0.15, 0.2) is 17.6 Å².